The van der Waals surface area contributed by atoms with Crippen LogP contribution in [0.5, 0.6) is 0 Å². The van der Waals surface area contributed by atoms with E-state index in [4.69, 9.17) is 11.6 Å². The average Bonchev–Trinajstić information content (AvgIpc) is 2.51. The fourth-order valence-electron chi connectivity index (χ4n) is 1.71. The molecule has 1 aromatic heterocycles. The Balaban J connectivity index is 1.90. The average molecular weight is 215 g/mol. The van der Waals surface area contributed by atoms with Crippen LogP contribution in [0.2, 0.25) is 0 Å². The zero-order valence-electron chi connectivity index (χ0n) is 8.33. The van der Waals surface area contributed by atoms with Gasteiger partial charge in [-0.05, 0) is 19.3 Å². The molecule has 0 unspecified atom stereocenters. The molecule has 0 aliphatic heterocycles. The molecule has 2 rings (SSSR count). The normalized spacial score (nSPS) is 19.3. The maximum Gasteiger partial charge on any atom is 0.140 e. The zero-order valence-corrected chi connectivity index (χ0v) is 9.09. The van der Waals surface area contributed by atoms with Gasteiger partial charge < -0.3 is 5.32 Å². The molecule has 14 heavy (non-hydrogen) atoms. The first kappa shape index (κ1) is 9.93. The molecule has 0 aromatic carbocycles. The van der Waals surface area contributed by atoms with Crippen LogP contribution in [0.3, 0.4) is 0 Å². The van der Waals surface area contributed by atoms with Crippen LogP contribution in [0.1, 0.15) is 25.1 Å². The van der Waals surface area contributed by atoms with Crippen molar-refractivity contribution >= 4 is 11.6 Å². The number of aryl methyl sites for hydroxylation is 1. The van der Waals surface area contributed by atoms with E-state index in [0.717, 1.165) is 12.4 Å². The molecule has 0 bridgehead atoms. The van der Waals surface area contributed by atoms with Gasteiger partial charge in [-0.1, -0.05) is 0 Å². The van der Waals surface area contributed by atoms with Crippen molar-refractivity contribution < 1.29 is 0 Å². The summed E-state index contributed by atoms with van der Waals surface area (Å²) in [5.41, 5.74) is 0.160. The molecule has 0 amide bonds. The Labute approximate surface area is 88.7 Å². The Kier molecular flexibility index (Phi) is 2.74. The fraction of sp³-hybridized carbons (Fsp3) is 0.778. The van der Waals surface area contributed by atoms with E-state index in [1.165, 1.54) is 19.3 Å². The highest BCUT2D eigenvalue weighted by atomic mass is 35.5. The lowest BCUT2D eigenvalue weighted by molar-refractivity contribution is 0.208. The third kappa shape index (κ3) is 1.77. The summed E-state index contributed by atoms with van der Waals surface area (Å²) in [6, 6.07) is 0. The van der Waals surface area contributed by atoms with Crippen LogP contribution >= 0.6 is 11.6 Å². The van der Waals surface area contributed by atoms with Crippen molar-refractivity contribution in [2.45, 2.75) is 31.3 Å². The van der Waals surface area contributed by atoms with E-state index >= 15 is 0 Å². The molecule has 0 saturated heterocycles. The van der Waals surface area contributed by atoms with Gasteiger partial charge in [0.25, 0.3) is 0 Å². The van der Waals surface area contributed by atoms with Crippen molar-refractivity contribution in [1.82, 2.24) is 20.1 Å². The van der Waals surface area contributed by atoms with Crippen LogP contribution in [0.4, 0.5) is 0 Å². The maximum atomic E-state index is 5.93. The number of aromatic nitrogens is 3. The van der Waals surface area contributed by atoms with E-state index in [-0.39, 0.29) is 5.54 Å². The Hall–Kier alpha value is -0.610. The summed E-state index contributed by atoms with van der Waals surface area (Å²) < 4.78 is 1.79. The summed E-state index contributed by atoms with van der Waals surface area (Å²) in [4.78, 5) is 4.16. The number of alkyl halides is 1. The second-order valence-electron chi connectivity index (χ2n) is 3.92. The quantitative estimate of drug-likeness (QED) is 0.763. The highest BCUT2D eigenvalue weighted by Gasteiger charge is 2.35. The van der Waals surface area contributed by atoms with Crippen LogP contribution < -0.4 is 5.32 Å². The van der Waals surface area contributed by atoms with E-state index < -0.39 is 0 Å². The van der Waals surface area contributed by atoms with Crippen molar-refractivity contribution in [3.8, 4) is 0 Å². The lowest BCUT2D eigenvalue weighted by Crippen LogP contribution is -2.52. The molecule has 1 aliphatic rings. The second kappa shape index (κ2) is 3.87. The van der Waals surface area contributed by atoms with Gasteiger partial charge in [-0.3, -0.25) is 4.68 Å². The van der Waals surface area contributed by atoms with E-state index in [0.29, 0.717) is 5.88 Å². The van der Waals surface area contributed by atoms with Gasteiger partial charge in [-0.25, -0.2) is 4.98 Å². The number of nitrogens with zero attached hydrogens (tertiary/aromatic N) is 3. The van der Waals surface area contributed by atoms with E-state index in [1.54, 1.807) is 11.0 Å². The first-order valence-electron chi connectivity index (χ1n) is 4.90. The van der Waals surface area contributed by atoms with Gasteiger partial charge in [-0.2, -0.15) is 5.10 Å². The van der Waals surface area contributed by atoms with E-state index in [2.05, 4.69) is 15.4 Å². The Morgan fingerprint density at radius 1 is 1.64 bits per heavy atom. The molecule has 0 spiro atoms. The first-order chi connectivity index (χ1) is 6.76. The summed E-state index contributed by atoms with van der Waals surface area (Å²) in [5, 5.41) is 7.49. The Morgan fingerprint density at radius 2 is 2.43 bits per heavy atom. The van der Waals surface area contributed by atoms with Gasteiger partial charge in [0.15, 0.2) is 0 Å². The summed E-state index contributed by atoms with van der Waals surface area (Å²) in [7, 11) is 1.90. The minimum Gasteiger partial charge on any atom is -0.303 e. The third-order valence-electron chi connectivity index (χ3n) is 2.99. The van der Waals surface area contributed by atoms with Crippen molar-refractivity contribution in [3.05, 3.63) is 12.2 Å². The molecule has 78 valence electrons. The van der Waals surface area contributed by atoms with Crippen LogP contribution in [-0.2, 0) is 13.6 Å². The van der Waals surface area contributed by atoms with Crippen molar-refractivity contribution in [2.24, 2.45) is 7.05 Å². The molecule has 1 fully saturated rings. The van der Waals surface area contributed by atoms with Gasteiger partial charge >= 0.3 is 0 Å². The second-order valence-corrected chi connectivity index (χ2v) is 4.19. The molecular weight excluding hydrogens is 200 g/mol. The van der Waals surface area contributed by atoms with Crippen molar-refractivity contribution in [1.29, 1.82) is 0 Å². The summed E-state index contributed by atoms with van der Waals surface area (Å²) in [5.74, 6) is 1.64. The predicted octanol–water partition coefficient (Wildman–Crippen LogP) is 1.07. The van der Waals surface area contributed by atoms with Crippen LogP contribution in [0, 0.1) is 0 Å². The molecule has 1 aromatic rings. The van der Waals surface area contributed by atoms with Crippen LogP contribution in [0.15, 0.2) is 6.33 Å². The number of hydrogen-bond donors (Lipinski definition) is 1. The molecular formula is C9H15ClN4. The highest BCUT2D eigenvalue weighted by Crippen LogP contribution is 2.32. The minimum atomic E-state index is 0.160. The van der Waals surface area contributed by atoms with Crippen molar-refractivity contribution in [3.63, 3.8) is 0 Å². The monoisotopic (exact) mass is 214 g/mol. The molecule has 1 aliphatic carbocycles. The summed E-state index contributed by atoms with van der Waals surface area (Å²) >= 11 is 5.93. The van der Waals surface area contributed by atoms with Crippen LogP contribution in [0.25, 0.3) is 0 Å². The molecule has 1 N–H and O–H groups in total. The van der Waals surface area contributed by atoms with E-state index in [9.17, 15) is 0 Å². The number of rotatable bonds is 4. The molecule has 0 radical (unpaired) electrons. The van der Waals surface area contributed by atoms with Gasteiger partial charge in [0.1, 0.15) is 12.2 Å². The van der Waals surface area contributed by atoms with Gasteiger partial charge in [0, 0.05) is 18.5 Å². The molecule has 4 nitrogen and oxygen atoms in total. The SMILES string of the molecule is Cn1ncnc1CNC1(CCl)CCC1. The zero-order chi connectivity index (χ0) is 10.0. The van der Waals surface area contributed by atoms with Gasteiger partial charge in [0.2, 0.25) is 0 Å². The summed E-state index contributed by atoms with van der Waals surface area (Å²) in [6.45, 7) is 0.753. The van der Waals surface area contributed by atoms with Crippen molar-refractivity contribution in [2.75, 3.05) is 5.88 Å². The topological polar surface area (TPSA) is 42.7 Å². The summed E-state index contributed by atoms with van der Waals surface area (Å²) in [6.07, 6.45) is 5.20. The fourth-order valence-corrected chi connectivity index (χ4v) is 2.07. The first-order valence-corrected chi connectivity index (χ1v) is 5.43. The lowest BCUT2D eigenvalue weighted by atomic mass is 9.78. The van der Waals surface area contributed by atoms with Gasteiger partial charge in [0.05, 0.1) is 6.54 Å². The molecule has 1 heterocycles. The third-order valence-corrected chi connectivity index (χ3v) is 3.50. The van der Waals surface area contributed by atoms with Crippen LogP contribution in [-0.4, -0.2) is 26.2 Å². The standard InChI is InChI=1S/C9H15ClN4/c1-14-8(11-7-13-14)5-12-9(6-10)3-2-4-9/h7,12H,2-6H2,1H3. The van der Waals surface area contributed by atoms with E-state index in [1.807, 2.05) is 7.05 Å². The molecule has 0 atom stereocenters. The number of halogens is 1. The Morgan fingerprint density at radius 3 is 2.86 bits per heavy atom. The number of nitrogens with one attached hydrogen (secondary N) is 1. The molecule has 1 saturated carbocycles. The molecule has 5 heteroatoms. The smallest absolute Gasteiger partial charge is 0.140 e. The minimum absolute atomic E-state index is 0.160. The van der Waals surface area contributed by atoms with Gasteiger partial charge in [-0.15, -0.1) is 11.6 Å². The largest absolute Gasteiger partial charge is 0.303 e. The number of hydrogen-bond acceptors (Lipinski definition) is 3. The lowest BCUT2D eigenvalue weighted by Gasteiger charge is -2.41. The maximum absolute atomic E-state index is 5.93. The highest BCUT2D eigenvalue weighted by molar-refractivity contribution is 6.18. The Bertz CT molecular complexity index is 300. The predicted molar refractivity (Wildman–Crippen MR) is 55.1 cm³/mol.